The molecule has 2 rings (SSSR count). The van der Waals surface area contributed by atoms with Crippen molar-refractivity contribution in [3.05, 3.63) is 16.9 Å². The topological polar surface area (TPSA) is 48.6 Å². The molecule has 0 amide bonds. The fourth-order valence-corrected chi connectivity index (χ4v) is 1.75. The molecule has 1 atom stereocenters. The first-order chi connectivity index (χ1) is 7.22. The lowest BCUT2D eigenvalue weighted by Crippen LogP contribution is -2.29. The molecule has 15 heavy (non-hydrogen) atoms. The molecule has 0 saturated heterocycles. The Labute approximate surface area is 105 Å². The van der Waals surface area contributed by atoms with Crippen molar-refractivity contribution in [3.8, 4) is 0 Å². The van der Waals surface area contributed by atoms with Gasteiger partial charge in [-0.05, 0) is 5.16 Å². The van der Waals surface area contributed by atoms with Gasteiger partial charge in [-0.15, -0.1) is 0 Å². The lowest BCUT2D eigenvalue weighted by molar-refractivity contribution is 0.0231. The number of hydrogen-bond acceptors (Lipinski definition) is 4. The van der Waals surface area contributed by atoms with Gasteiger partial charge in [0.25, 0.3) is 5.90 Å². The molecule has 1 aromatic heterocycles. The Morgan fingerprint density at radius 2 is 2.53 bits per heavy atom. The maximum atomic E-state index is 6.02. The minimum atomic E-state index is 0.0226. The molecular formula is C8H9ClIN3O2. The summed E-state index contributed by atoms with van der Waals surface area (Å²) in [6.45, 7) is 0.477. The van der Waals surface area contributed by atoms with Crippen LogP contribution in [0.1, 0.15) is 5.56 Å². The quantitative estimate of drug-likeness (QED) is 0.606. The van der Waals surface area contributed by atoms with E-state index < -0.39 is 0 Å². The fraction of sp³-hybridized carbons (Fsp3) is 0.500. The smallest absolute Gasteiger partial charge is 0.262 e. The van der Waals surface area contributed by atoms with Crippen LogP contribution in [-0.4, -0.2) is 32.8 Å². The summed E-state index contributed by atoms with van der Waals surface area (Å²) in [5.74, 6) is 0.404. The first kappa shape index (κ1) is 11.0. The molecule has 82 valence electrons. The summed E-state index contributed by atoms with van der Waals surface area (Å²) in [4.78, 5) is 5.07. The van der Waals surface area contributed by atoms with Crippen LogP contribution < -0.4 is 0 Å². The SMILES string of the molecule is Cn1ncc(C2=NOCC(CI)O2)c1Cl. The van der Waals surface area contributed by atoms with Crippen LogP contribution in [0.3, 0.4) is 0 Å². The van der Waals surface area contributed by atoms with Crippen LogP contribution in [0.4, 0.5) is 0 Å². The van der Waals surface area contributed by atoms with Crippen molar-refractivity contribution >= 4 is 40.1 Å². The van der Waals surface area contributed by atoms with Gasteiger partial charge >= 0.3 is 0 Å². The van der Waals surface area contributed by atoms with Crippen LogP contribution in [0.5, 0.6) is 0 Å². The summed E-state index contributed by atoms with van der Waals surface area (Å²) in [5, 5.41) is 8.33. The van der Waals surface area contributed by atoms with Crippen LogP contribution >= 0.6 is 34.2 Å². The minimum Gasteiger partial charge on any atom is -0.467 e. The third kappa shape index (κ3) is 2.20. The highest BCUT2D eigenvalue weighted by Crippen LogP contribution is 2.19. The maximum Gasteiger partial charge on any atom is 0.262 e. The Bertz CT molecular complexity index is 393. The molecule has 0 aromatic carbocycles. The number of oxime groups is 1. The molecule has 0 aliphatic carbocycles. The number of halogens is 2. The van der Waals surface area contributed by atoms with E-state index in [0.29, 0.717) is 23.2 Å². The van der Waals surface area contributed by atoms with Crippen molar-refractivity contribution in [2.24, 2.45) is 12.2 Å². The molecule has 0 fully saturated rings. The largest absolute Gasteiger partial charge is 0.467 e. The first-order valence-electron chi connectivity index (χ1n) is 4.33. The molecule has 0 bridgehead atoms. The molecule has 2 heterocycles. The summed E-state index contributed by atoms with van der Waals surface area (Å²) < 4.78 is 7.99. The van der Waals surface area contributed by atoms with Gasteiger partial charge in [0, 0.05) is 11.5 Å². The second kappa shape index (κ2) is 4.56. The van der Waals surface area contributed by atoms with Crippen LogP contribution in [0.15, 0.2) is 11.4 Å². The third-order valence-corrected chi connectivity index (χ3v) is 3.39. The molecule has 0 radical (unpaired) electrons. The van der Waals surface area contributed by atoms with Gasteiger partial charge in [-0.3, -0.25) is 4.68 Å². The number of ether oxygens (including phenoxy) is 1. The first-order valence-corrected chi connectivity index (χ1v) is 6.23. The van der Waals surface area contributed by atoms with E-state index in [2.05, 4.69) is 32.8 Å². The van der Waals surface area contributed by atoms with Gasteiger partial charge in [-0.25, -0.2) is 0 Å². The van der Waals surface area contributed by atoms with Crippen LogP contribution in [0.25, 0.3) is 0 Å². The maximum absolute atomic E-state index is 6.02. The van der Waals surface area contributed by atoms with E-state index in [9.17, 15) is 0 Å². The van der Waals surface area contributed by atoms with E-state index in [1.165, 1.54) is 0 Å². The van der Waals surface area contributed by atoms with Gasteiger partial charge in [0.05, 0.1) is 11.8 Å². The fourth-order valence-electron chi connectivity index (χ4n) is 1.15. The number of rotatable bonds is 2. The van der Waals surface area contributed by atoms with Gasteiger partial charge in [-0.2, -0.15) is 5.10 Å². The Morgan fingerprint density at radius 3 is 3.13 bits per heavy atom. The summed E-state index contributed by atoms with van der Waals surface area (Å²) in [6.07, 6.45) is 1.63. The highest BCUT2D eigenvalue weighted by atomic mass is 127. The molecule has 1 unspecified atom stereocenters. The Balaban J connectivity index is 2.24. The average Bonchev–Trinajstić information content (AvgIpc) is 2.60. The van der Waals surface area contributed by atoms with E-state index in [4.69, 9.17) is 21.2 Å². The van der Waals surface area contributed by atoms with E-state index in [-0.39, 0.29) is 6.10 Å². The predicted octanol–water partition coefficient (Wildman–Crippen LogP) is 1.59. The highest BCUT2D eigenvalue weighted by molar-refractivity contribution is 14.1. The second-order valence-electron chi connectivity index (χ2n) is 3.06. The predicted molar refractivity (Wildman–Crippen MR) is 64.5 cm³/mol. The number of alkyl halides is 1. The third-order valence-electron chi connectivity index (χ3n) is 1.96. The molecule has 0 N–H and O–H groups in total. The monoisotopic (exact) mass is 341 g/mol. The van der Waals surface area contributed by atoms with Crippen molar-refractivity contribution in [3.63, 3.8) is 0 Å². The van der Waals surface area contributed by atoms with Gasteiger partial charge in [0.1, 0.15) is 11.3 Å². The summed E-state index contributed by atoms with van der Waals surface area (Å²) >= 11 is 8.25. The molecule has 1 aromatic rings. The highest BCUT2D eigenvalue weighted by Gasteiger charge is 2.23. The van der Waals surface area contributed by atoms with E-state index >= 15 is 0 Å². The molecule has 0 spiro atoms. The number of aryl methyl sites for hydroxylation is 1. The van der Waals surface area contributed by atoms with E-state index in [1.54, 1.807) is 17.9 Å². The second-order valence-corrected chi connectivity index (χ2v) is 4.30. The van der Waals surface area contributed by atoms with Crippen molar-refractivity contribution in [1.29, 1.82) is 0 Å². The Kier molecular flexibility index (Phi) is 3.35. The molecule has 5 nitrogen and oxygen atoms in total. The van der Waals surface area contributed by atoms with Gasteiger partial charge < -0.3 is 9.57 Å². The normalized spacial score (nSPS) is 20.5. The van der Waals surface area contributed by atoms with Crippen molar-refractivity contribution in [2.45, 2.75) is 6.10 Å². The average molecular weight is 342 g/mol. The van der Waals surface area contributed by atoms with Gasteiger partial charge in [-0.1, -0.05) is 34.2 Å². The zero-order valence-corrected chi connectivity index (χ0v) is 10.9. The molecule has 1 aliphatic rings. The molecule has 7 heteroatoms. The van der Waals surface area contributed by atoms with Crippen LogP contribution in [0, 0.1) is 0 Å². The molecule has 0 saturated carbocycles. The van der Waals surface area contributed by atoms with E-state index in [0.717, 1.165) is 4.43 Å². The zero-order chi connectivity index (χ0) is 10.8. The van der Waals surface area contributed by atoms with Crippen LogP contribution in [-0.2, 0) is 16.6 Å². The zero-order valence-electron chi connectivity index (χ0n) is 7.98. The van der Waals surface area contributed by atoms with Crippen LogP contribution in [0.2, 0.25) is 5.15 Å². The number of hydrogen-bond donors (Lipinski definition) is 0. The molecule has 1 aliphatic heterocycles. The lowest BCUT2D eigenvalue weighted by Gasteiger charge is -2.20. The van der Waals surface area contributed by atoms with Crippen molar-refractivity contribution in [1.82, 2.24) is 9.78 Å². The minimum absolute atomic E-state index is 0.0226. The summed E-state index contributed by atoms with van der Waals surface area (Å²) in [5.41, 5.74) is 0.661. The Morgan fingerprint density at radius 1 is 1.73 bits per heavy atom. The van der Waals surface area contributed by atoms with Gasteiger partial charge in [0.15, 0.2) is 6.61 Å². The summed E-state index contributed by atoms with van der Waals surface area (Å²) in [7, 11) is 1.76. The molecular weight excluding hydrogens is 332 g/mol. The summed E-state index contributed by atoms with van der Waals surface area (Å²) in [6, 6.07) is 0. The van der Waals surface area contributed by atoms with Crippen molar-refractivity contribution in [2.75, 3.05) is 11.0 Å². The number of nitrogens with zero attached hydrogens (tertiary/aromatic N) is 3. The lowest BCUT2D eigenvalue weighted by atomic mass is 10.3. The number of aromatic nitrogens is 2. The van der Waals surface area contributed by atoms with Crippen molar-refractivity contribution < 1.29 is 9.57 Å². The van der Waals surface area contributed by atoms with E-state index in [1.807, 2.05) is 0 Å². The standard InChI is InChI=1S/C8H9ClIN3O2/c1-13-7(9)6(3-11-13)8-12-14-4-5(2-10)15-8/h3,5H,2,4H2,1H3. The van der Waals surface area contributed by atoms with Gasteiger partial charge in [0.2, 0.25) is 0 Å². The Hall–Kier alpha value is -0.500.